The van der Waals surface area contributed by atoms with E-state index in [9.17, 15) is 36.2 Å². The topological polar surface area (TPSA) is 46.5 Å². The molecule has 2 fully saturated rings. The van der Waals surface area contributed by atoms with Gasteiger partial charge in [-0.3, -0.25) is 4.79 Å². The van der Waals surface area contributed by atoms with Crippen molar-refractivity contribution in [2.24, 2.45) is 23.7 Å². The summed E-state index contributed by atoms with van der Waals surface area (Å²) in [4.78, 5) is 12.1. The van der Waals surface area contributed by atoms with Gasteiger partial charge in [0.1, 0.15) is 6.10 Å². The number of esters is 1. The molecular weight excluding hydrogens is 366 g/mol. The first-order chi connectivity index (χ1) is 11.8. The number of hydrogen-bond donors (Lipinski definition) is 1. The quantitative estimate of drug-likeness (QED) is 0.532. The van der Waals surface area contributed by atoms with E-state index in [0.717, 1.165) is 0 Å². The highest BCUT2D eigenvalue weighted by atomic mass is 19.4. The van der Waals surface area contributed by atoms with E-state index >= 15 is 0 Å². The molecule has 0 heterocycles. The summed E-state index contributed by atoms with van der Waals surface area (Å²) in [7, 11) is 0. The lowest BCUT2D eigenvalue weighted by Gasteiger charge is -2.38. The van der Waals surface area contributed by atoms with Crippen LogP contribution in [0.2, 0.25) is 0 Å². The third-order valence-corrected chi connectivity index (χ3v) is 5.97. The van der Waals surface area contributed by atoms with Crippen LogP contribution in [0.5, 0.6) is 0 Å². The molecule has 0 aliphatic heterocycles. The summed E-state index contributed by atoms with van der Waals surface area (Å²) in [6.45, 7) is 3.62. The van der Waals surface area contributed by atoms with E-state index in [2.05, 4.69) is 0 Å². The number of alkyl halides is 6. The number of fused-ring (bicyclic) bond motifs is 2. The molecule has 0 spiro atoms. The van der Waals surface area contributed by atoms with E-state index < -0.39 is 48.3 Å². The Hall–Kier alpha value is -0.990. The number of rotatable bonds is 6. The predicted molar refractivity (Wildman–Crippen MR) is 79.9 cm³/mol. The molecule has 2 bridgehead atoms. The maximum Gasteiger partial charge on any atom is 0.426 e. The molecular formula is C17H24F6O3. The Bertz CT molecular complexity index is 498. The summed E-state index contributed by atoms with van der Waals surface area (Å²) in [5, 5.41) is 9.45. The summed E-state index contributed by atoms with van der Waals surface area (Å²) in [6, 6.07) is 0. The Morgan fingerprint density at radius 3 is 2.00 bits per heavy atom. The van der Waals surface area contributed by atoms with Crippen LogP contribution < -0.4 is 0 Å². The predicted octanol–water partition coefficient (Wildman–Crippen LogP) is 4.63. The minimum absolute atomic E-state index is 0.0739. The second-order valence-electron chi connectivity index (χ2n) is 7.55. The highest BCUT2D eigenvalue weighted by Crippen LogP contribution is 2.56. The number of carbonyl (C=O) groups is 1. The number of carbonyl (C=O) groups excluding carboxylic acids is 1. The van der Waals surface area contributed by atoms with Gasteiger partial charge in [-0.05, 0) is 56.3 Å². The molecule has 4 atom stereocenters. The number of hydrogen-bond acceptors (Lipinski definition) is 3. The molecule has 9 heteroatoms. The molecule has 3 nitrogen and oxygen atoms in total. The Morgan fingerprint density at radius 2 is 1.58 bits per heavy atom. The fraction of sp³-hybridized carbons (Fsp3) is 0.941. The molecule has 4 unspecified atom stereocenters. The van der Waals surface area contributed by atoms with Crippen molar-refractivity contribution >= 4 is 5.97 Å². The van der Waals surface area contributed by atoms with Crippen LogP contribution in [-0.2, 0) is 9.53 Å². The van der Waals surface area contributed by atoms with E-state index in [1.165, 1.54) is 0 Å². The molecule has 1 N–H and O–H groups in total. The first-order valence-corrected chi connectivity index (χ1v) is 8.90. The lowest BCUT2D eigenvalue weighted by molar-refractivity contribution is -0.373. The van der Waals surface area contributed by atoms with Gasteiger partial charge in [-0.15, -0.1) is 0 Å². The molecule has 0 aromatic heterocycles. The maximum atomic E-state index is 12.9. The van der Waals surface area contributed by atoms with Gasteiger partial charge in [-0.1, -0.05) is 13.8 Å². The van der Waals surface area contributed by atoms with Crippen LogP contribution in [-0.4, -0.2) is 35.1 Å². The van der Waals surface area contributed by atoms with Gasteiger partial charge in [0.05, 0.1) is 5.92 Å². The number of aliphatic hydroxyl groups is 1. The van der Waals surface area contributed by atoms with Gasteiger partial charge >= 0.3 is 18.3 Å². The average Bonchev–Trinajstić information content (AvgIpc) is 3.05. The van der Waals surface area contributed by atoms with Crippen LogP contribution in [0.15, 0.2) is 0 Å². The van der Waals surface area contributed by atoms with Crippen molar-refractivity contribution in [1.82, 2.24) is 0 Å². The molecule has 0 radical (unpaired) electrons. The molecule has 2 aliphatic rings. The van der Waals surface area contributed by atoms with Crippen LogP contribution in [0.3, 0.4) is 0 Å². The van der Waals surface area contributed by atoms with Crippen molar-refractivity contribution in [1.29, 1.82) is 0 Å². The molecule has 26 heavy (non-hydrogen) atoms. The van der Waals surface area contributed by atoms with E-state index in [-0.39, 0.29) is 18.3 Å². The molecule has 0 amide bonds. The van der Waals surface area contributed by atoms with Gasteiger partial charge in [-0.2, -0.15) is 26.3 Å². The van der Waals surface area contributed by atoms with Crippen molar-refractivity contribution < 1.29 is 41.0 Å². The normalized spacial score (nSPS) is 29.5. The van der Waals surface area contributed by atoms with Gasteiger partial charge in [0.15, 0.2) is 0 Å². The standard InChI is InChI=1S/C17H24F6O3/c1-3-10(4-2)14(24)26-13-7-9-5-11(12(13)6-9)8-15(25,16(18,19)20)17(21,22)23/h9-13,25H,3-8H2,1-2H3. The van der Waals surface area contributed by atoms with Crippen molar-refractivity contribution in [3.8, 4) is 0 Å². The minimum atomic E-state index is -5.81. The first kappa shape index (κ1) is 21.3. The zero-order valence-corrected chi connectivity index (χ0v) is 14.7. The van der Waals surface area contributed by atoms with Crippen LogP contribution in [0, 0.1) is 23.7 Å². The molecule has 152 valence electrons. The number of halogens is 6. The Kier molecular flexibility index (Phi) is 5.90. The zero-order chi connectivity index (χ0) is 19.9. The van der Waals surface area contributed by atoms with Gasteiger partial charge in [0.25, 0.3) is 5.60 Å². The molecule has 2 rings (SSSR count). The summed E-state index contributed by atoms with van der Waals surface area (Å²) in [5.74, 6) is -2.41. The lowest BCUT2D eigenvalue weighted by atomic mass is 9.78. The smallest absolute Gasteiger partial charge is 0.426 e. The largest absolute Gasteiger partial charge is 0.462 e. The molecule has 0 aromatic carbocycles. The third-order valence-electron chi connectivity index (χ3n) is 5.97. The second kappa shape index (κ2) is 7.20. The van der Waals surface area contributed by atoms with Crippen molar-refractivity contribution in [2.45, 2.75) is 76.4 Å². The second-order valence-corrected chi connectivity index (χ2v) is 7.55. The molecule has 2 saturated carbocycles. The van der Waals surface area contributed by atoms with Crippen LogP contribution >= 0.6 is 0 Å². The summed E-state index contributed by atoms with van der Waals surface area (Å²) in [5.41, 5.74) is -4.74. The average molecular weight is 390 g/mol. The van der Waals surface area contributed by atoms with Gasteiger partial charge in [0.2, 0.25) is 0 Å². The van der Waals surface area contributed by atoms with E-state index in [4.69, 9.17) is 4.74 Å². The highest BCUT2D eigenvalue weighted by Gasteiger charge is 2.71. The van der Waals surface area contributed by atoms with Crippen LogP contribution in [0.25, 0.3) is 0 Å². The Balaban J connectivity index is 2.12. The summed E-state index contributed by atoms with van der Waals surface area (Å²) >= 11 is 0. The van der Waals surface area contributed by atoms with Gasteiger partial charge in [-0.25, -0.2) is 0 Å². The fourth-order valence-corrected chi connectivity index (χ4v) is 4.44. The van der Waals surface area contributed by atoms with E-state index in [1.807, 2.05) is 13.8 Å². The fourth-order valence-electron chi connectivity index (χ4n) is 4.44. The van der Waals surface area contributed by atoms with Crippen molar-refractivity contribution in [3.63, 3.8) is 0 Å². The highest BCUT2D eigenvalue weighted by molar-refractivity contribution is 5.72. The minimum Gasteiger partial charge on any atom is -0.462 e. The molecule has 0 aromatic rings. The van der Waals surface area contributed by atoms with Gasteiger partial charge in [0, 0.05) is 0 Å². The summed E-state index contributed by atoms with van der Waals surface area (Å²) in [6.07, 6.45) is -11.6. The number of ether oxygens (including phenoxy) is 1. The Morgan fingerprint density at radius 1 is 1.04 bits per heavy atom. The first-order valence-electron chi connectivity index (χ1n) is 8.90. The Labute approximate surface area is 148 Å². The van der Waals surface area contributed by atoms with Crippen LogP contribution in [0.1, 0.15) is 52.4 Å². The van der Waals surface area contributed by atoms with Crippen molar-refractivity contribution in [2.75, 3.05) is 0 Å². The SMILES string of the molecule is CCC(CC)C(=O)OC1CC2CC(CC(O)(C(F)(F)F)C(F)(F)F)C1C2. The third kappa shape index (κ3) is 3.82. The lowest BCUT2D eigenvalue weighted by Crippen LogP contribution is -2.58. The van der Waals surface area contributed by atoms with Gasteiger partial charge < -0.3 is 9.84 Å². The maximum absolute atomic E-state index is 12.9. The summed E-state index contributed by atoms with van der Waals surface area (Å²) < 4.78 is 83.1. The monoisotopic (exact) mass is 390 g/mol. The van der Waals surface area contributed by atoms with E-state index in [1.54, 1.807) is 0 Å². The van der Waals surface area contributed by atoms with E-state index in [0.29, 0.717) is 25.7 Å². The zero-order valence-electron chi connectivity index (χ0n) is 14.7. The molecule has 2 aliphatic carbocycles. The van der Waals surface area contributed by atoms with Crippen molar-refractivity contribution in [3.05, 3.63) is 0 Å². The molecule has 0 saturated heterocycles. The van der Waals surface area contributed by atoms with Crippen LogP contribution in [0.4, 0.5) is 26.3 Å².